The summed E-state index contributed by atoms with van der Waals surface area (Å²) in [6.07, 6.45) is 0. The molecule has 0 atom stereocenters. The molecule has 0 unspecified atom stereocenters. The fourth-order valence-corrected chi connectivity index (χ4v) is 3.00. The van der Waals surface area contributed by atoms with E-state index in [1.54, 1.807) is 30.3 Å². The average Bonchev–Trinajstić information content (AvgIpc) is 2.76. The predicted molar refractivity (Wildman–Crippen MR) is 136 cm³/mol. The van der Waals surface area contributed by atoms with E-state index in [2.05, 4.69) is 26.3 Å². The zero-order valence-electron chi connectivity index (χ0n) is 19.8. The van der Waals surface area contributed by atoms with Crippen molar-refractivity contribution >= 4 is 34.2 Å². The Kier molecular flexibility index (Phi) is 10.2. The minimum Gasteiger partial charge on any atom is -0.508 e. The lowest BCUT2D eigenvalue weighted by molar-refractivity contribution is 0.100. The molecule has 0 fully saturated rings. The molecule has 5 heteroatoms. The van der Waals surface area contributed by atoms with Crippen LogP contribution in [-0.2, 0) is 4.74 Å². The molecule has 0 aliphatic heterocycles. The lowest BCUT2D eigenvalue weighted by atomic mass is 9.96. The molecule has 174 valence electrons. The molecule has 0 spiro atoms. The maximum absolute atomic E-state index is 11.5. The second-order valence-corrected chi connectivity index (χ2v) is 7.64. The fraction of sp³-hybridized carbons (Fsp3) is 0.214. The van der Waals surface area contributed by atoms with Crippen LogP contribution in [0, 0.1) is 0 Å². The number of carbonyl (C=O) groups excluding carboxylic acids is 2. The van der Waals surface area contributed by atoms with Gasteiger partial charge < -0.3 is 14.9 Å². The van der Waals surface area contributed by atoms with Crippen LogP contribution >= 0.6 is 0 Å². The SMILES string of the molecule is C=C(C)c1ccc(C(C)=O)cc1C(=C)O.C=C(OCCO)c1ccc(C(C)=O)c(C(=C)C)c1. The van der Waals surface area contributed by atoms with Crippen molar-refractivity contribution in [2.24, 2.45) is 0 Å². The van der Waals surface area contributed by atoms with Crippen LogP contribution in [0.2, 0.25) is 0 Å². The predicted octanol–water partition coefficient (Wildman–Crippen LogP) is 6.35. The summed E-state index contributed by atoms with van der Waals surface area (Å²) in [5, 5.41) is 18.1. The maximum Gasteiger partial charge on any atom is 0.160 e. The Hall–Kier alpha value is -3.70. The van der Waals surface area contributed by atoms with E-state index < -0.39 is 0 Å². The highest BCUT2D eigenvalue weighted by Crippen LogP contribution is 2.25. The van der Waals surface area contributed by atoms with Gasteiger partial charge >= 0.3 is 0 Å². The van der Waals surface area contributed by atoms with Gasteiger partial charge in [0, 0.05) is 22.3 Å². The summed E-state index contributed by atoms with van der Waals surface area (Å²) < 4.78 is 5.25. The Morgan fingerprint density at radius 1 is 0.758 bits per heavy atom. The standard InChI is InChI=1S/C15H18O3.C13H14O2/c1-10(2)15-9-13(12(4)18-8-7-16)5-6-14(15)11(3)17;1-8(2)12-6-5-11(9(3)14)7-13(12)10(4)15/h5-6,9,16H,1,4,7-8H2,2-3H3;5-7,15H,1,4H2,2-3H3. The van der Waals surface area contributed by atoms with Crippen molar-refractivity contribution in [3.05, 3.63) is 96.1 Å². The van der Waals surface area contributed by atoms with E-state index in [1.807, 2.05) is 19.9 Å². The molecule has 2 aromatic carbocycles. The van der Waals surface area contributed by atoms with Gasteiger partial charge in [-0.1, -0.05) is 61.7 Å². The van der Waals surface area contributed by atoms with E-state index in [0.717, 1.165) is 27.8 Å². The highest BCUT2D eigenvalue weighted by atomic mass is 16.5. The molecular weight excluding hydrogens is 416 g/mol. The van der Waals surface area contributed by atoms with Gasteiger partial charge in [-0.05, 0) is 51.0 Å². The molecular formula is C28H32O5. The molecule has 0 heterocycles. The van der Waals surface area contributed by atoms with Crippen molar-refractivity contribution in [2.75, 3.05) is 13.2 Å². The van der Waals surface area contributed by atoms with E-state index in [1.165, 1.54) is 13.8 Å². The van der Waals surface area contributed by atoms with Gasteiger partial charge in [-0.3, -0.25) is 9.59 Å². The lowest BCUT2D eigenvalue weighted by Crippen LogP contribution is -2.01. The molecule has 2 aromatic rings. The Bertz CT molecular complexity index is 1110. The second kappa shape index (κ2) is 12.4. The molecule has 33 heavy (non-hydrogen) atoms. The number of carbonyl (C=O) groups is 2. The van der Waals surface area contributed by atoms with Crippen LogP contribution < -0.4 is 0 Å². The van der Waals surface area contributed by atoms with Crippen molar-refractivity contribution in [3.8, 4) is 0 Å². The van der Waals surface area contributed by atoms with E-state index >= 15 is 0 Å². The topological polar surface area (TPSA) is 83.8 Å². The molecule has 0 aliphatic rings. The molecule has 0 saturated heterocycles. The molecule has 0 aliphatic carbocycles. The number of allylic oxidation sites excluding steroid dienone is 2. The van der Waals surface area contributed by atoms with Crippen LogP contribution in [0.15, 0.2) is 62.7 Å². The summed E-state index contributed by atoms with van der Waals surface area (Å²) in [5.41, 5.74) is 5.81. The van der Waals surface area contributed by atoms with Crippen LogP contribution in [0.5, 0.6) is 0 Å². The number of hydrogen-bond donors (Lipinski definition) is 2. The molecule has 2 N–H and O–H groups in total. The highest BCUT2D eigenvalue weighted by Gasteiger charge is 2.11. The van der Waals surface area contributed by atoms with Gasteiger partial charge in [-0.25, -0.2) is 0 Å². The Morgan fingerprint density at radius 2 is 1.27 bits per heavy atom. The van der Waals surface area contributed by atoms with Crippen LogP contribution in [0.1, 0.15) is 70.7 Å². The Balaban J connectivity index is 0.000000335. The first kappa shape index (κ1) is 27.3. The molecule has 2 rings (SSSR count). The zero-order chi connectivity index (χ0) is 25.3. The quantitative estimate of drug-likeness (QED) is 0.345. The Labute approximate surface area is 196 Å². The fourth-order valence-electron chi connectivity index (χ4n) is 3.00. The third-order valence-corrected chi connectivity index (χ3v) is 4.74. The number of rotatable bonds is 9. The summed E-state index contributed by atoms with van der Waals surface area (Å²) >= 11 is 0. The number of ketones is 2. The normalized spacial score (nSPS) is 9.85. The minimum absolute atomic E-state index is 0.00133. The van der Waals surface area contributed by atoms with E-state index in [9.17, 15) is 14.7 Å². The summed E-state index contributed by atoms with van der Waals surface area (Å²) in [7, 11) is 0. The van der Waals surface area contributed by atoms with E-state index in [-0.39, 0.29) is 30.5 Å². The van der Waals surface area contributed by atoms with Crippen molar-refractivity contribution in [1.29, 1.82) is 0 Å². The van der Waals surface area contributed by atoms with Crippen molar-refractivity contribution in [1.82, 2.24) is 0 Å². The lowest BCUT2D eigenvalue weighted by Gasteiger charge is -2.12. The first-order valence-corrected chi connectivity index (χ1v) is 10.3. The number of hydrogen-bond acceptors (Lipinski definition) is 5. The molecule has 0 aromatic heterocycles. The van der Waals surface area contributed by atoms with Gasteiger partial charge in [0.15, 0.2) is 11.6 Å². The third kappa shape index (κ3) is 7.74. The monoisotopic (exact) mass is 448 g/mol. The molecule has 0 bridgehead atoms. The van der Waals surface area contributed by atoms with Crippen LogP contribution in [0.4, 0.5) is 0 Å². The molecule has 0 radical (unpaired) electrons. The number of aliphatic hydroxyl groups is 2. The number of ether oxygens (including phenoxy) is 1. The largest absolute Gasteiger partial charge is 0.508 e. The molecule has 5 nitrogen and oxygen atoms in total. The van der Waals surface area contributed by atoms with Gasteiger partial charge in [0.25, 0.3) is 0 Å². The summed E-state index contributed by atoms with van der Waals surface area (Å²) in [6.45, 7) is 21.8. The van der Waals surface area contributed by atoms with Crippen molar-refractivity contribution in [2.45, 2.75) is 27.7 Å². The van der Waals surface area contributed by atoms with Crippen LogP contribution in [0.3, 0.4) is 0 Å². The van der Waals surface area contributed by atoms with Gasteiger partial charge in [-0.2, -0.15) is 0 Å². The second-order valence-electron chi connectivity index (χ2n) is 7.64. The summed E-state index contributed by atoms with van der Waals surface area (Å²) in [4.78, 5) is 22.7. The van der Waals surface area contributed by atoms with Crippen molar-refractivity contribution in [3.63, 3.8) is 0 Å². The van der Waals surface area contributed by atoms with Gasteiger partial charge in [0.05, 0.1) is 6.61 Å². The first-order valence-electron chi connectivity index (χ1n) is 10.3. The van der Waals surface area contributed by atoms with Crippen LogP contribution in [0.25, 0.3) is 22.7 Å². The van der Waals surface area contributed by atoms with Gasteiger partial charge in [0.1, 0.15) is 18.1 Å². The Morgan fingerprint density at radius 3 is 1.73 bits per heavy atom. The maximum atomic E-state index is 11.5. The number of Topliss-reactive ketones (excluding diaryl/α,β-unsaturated/α-hetero) is 2. The first-order chi connectivity index (χ1) is 15.4. The summed E-state index contributed by atoms with van der Waals surface area (Å²) in [6, 6.07) is 10.5. The highest BCUT2D eigenvalue weighted by molar-refractivity contribution is 5.99. The average molecular weight is 449 g/mol. The van der Waals surface area contributed by atoms with E-state index in [4.69, 9.17) is 9.84 Å². The van der Waals surface area contributed by atoms with Crippen LogP contribution in [-0.4, -0.2) is 35.0 Å². The smallest absolute Gasteiger partial charge is 0.160 e. The summed E-state index contributed by atoms with van der Waals surface area (Å²) in [5.74, 6) is 0.393. The number of benzene rings is 2. The van der Waals surface area contributed by atoms with E-state index in [0.29, 0.717) is 22.4 Å². The van der Waals surface area contributed by atoms with Gasteiger partial charge in [-0.15, -0.1) is 0 Å². The minimum atomic E-state index is -0.0576. The molecule has 0 amide bonds. The zero-order valence-corrected chi connectivity index (χ0v) is 19.8. The third-order valence-electron chi connectivity index (χ3n) is 4.74. The number of aliphatic hydroxyl groups excluding tert-OH is 2. The molecule has 0 saturated carbocycles. The van der Waals surface area contributed by atoms with Gasteiger partial charge in [0.2, 0.25) is 0 Å². The van der Waals surface area contributed by atoms with Crippen molar-refractivity contribution < 1.29 is 24.5 Å².